The van der Waals surface area contributed by atoms with Crippen LogP contribution >= 0.6 is 0 Å². The predicted octanol–water partition coefficient (Wildman–Crippen LogP) is -3.63. The fourth-order valence-corrected chi connectivity index (χ4v) is 0.0456. The molecule has 0 unspecified atom stereocenters. The maximum Gasteiger partial charge on any atom is 1.00 e. The van der Waals surface area contributed by atoms with Gasteiger partial charge in [-0.15, -0.1) is 6.61 Å². The molecule has 0 heterocycles. The summed E-state index contributed by atoms with van der Waals surface area (Å²) in [5, 5.41) is 18.4. The Morgan fingerprint density at radius 2 is 1.88 bits per heavy atom. The second-order valence-corrected chi connectivity index (χ2v) is 2.47. The van der Waals surface area contributed by atoms with Crippen LogP contribution in [0.2, 0.25) is 0 Å². The number of hydrogen-bond donors (Lipinski definition) is 1. The van der Waals surface area contributed by atoms with Crippen molar-refractivity contribution >= 4 is 0 Å². The molecule has 0 aromatic carbocycles. The molecule has 44 valence electrons. The summed E-state index contributed by atoms with van der Waals surface area (Å²) < 4.78 is 0. The molecule has 0 radical (unpaired) electrons. The van der Waals surface area contributed by atoms with E-state index in [4.69, 9.17) is 5.11 Å². The summed E-state index contributed by atoms with van der Waals surface area (Å²) in [6, 6.07) is 0. The first-order valence-electron chi connectivity index (χ1n) is 2.31. The van der Waals surface area contributed by atoms with Gasteiger partial charge in [-0.25, -0.2) is 0 Å². The molecule has 0 saturated carbocycles. The van der Waals surface area contributed by atoms with Crippen molar-refractivity contribution in [1.82, 2.24) is 0 Å². The molecule has 0 aliphatic carbocycles. The predicted molar refractivity (Wildman–Crippen MR) is 25.7 cm³/mol. The van der Waals surface area contributed by atoms with Gasteiger partial charge < -0.3 is 10.2 Å². The summed E-state index contributed by atoms with van der Waals surface area (Å²) >= 11 is 0. The molecule has 8 heavy (non-hydrogen) atoms. The molecule has 0 spiro atoms. The molecule has 0 amide bonds. The van der Waals surface area contributed by atoms with E-state index in [1.54, 1.807) is 13.8 Å². The Hall–Kier alpha value is 0.517. The Kier molecular flexibility index (Phi) is 6.23. The molecule has 0 saturated heterocycles. The van der Waals surface area contributed by atoms with Crippen LogP contribution in [0.15, 0.2) is 0 Å². The van der Waals surface area contributed by atoms with Gasteiger partial charge in [0.15, 0.2) is 0 Å². The molecule has 0 bridgehead atoms. The summed E-state index contributed by atoms with van der Waals surface area (Å²) in [4.78, 5) is 0. The normalized spacial score (nSPS) is 10.5. The van der Waals surface area contributed by atoms with Crippen LogP contribution in [0.1, 0.15) is 13.8 Å². The zero-order valence-corrected chi connectivity index (χ0v) is 5.77. The van der Waals surface area contributed by atoms with Crippen LogP contribution in [-0.4, -0.2) is 18.3 Å². The minimum absolute atomic E-state index is 0. The van der Waals surface area contributed by atoms with Crippen molar-refractivity contribution < 1.29 is 29.1 Å². The summed E-state index contributed by atoms with van der Waals surface area (Å²) in [6.07, 6.45) is 0. The third-order valence-electron chi connectivity index (χ3n) is 0.819. The number of rotatable bonds is 2. The van der Waals surface area contributed by atoms with Crippen molar-refractivity contribution in [2.75, 3.05) is 13.2 Å². The molecule has 1 N–H and O–H groups in total. The minimum Gasteiger partial charge on any atom is -0.854 e. The molecule has 0 aromatic heterocycles. The fraction of sp³-hybridized carbons (Fsp3) is 1.00. The van der Waals surface area contributed by atoms with Gasteiger partial charge in [-0.1, -0.05) is 13.8 Å². The van der Waals surface area contributed by atoms with E-state index in [2.05, 4.69) is 0 Å². The van der Waals surface area contributed by atoms with Crippen LogP contribution in [0.4, 0.5) is 0 Å². The first-order valence-corrected chi connectivity index (χ1v) is 2.31. The second kappa shape index (κ2) is 4.40. The zero-order chi connectivity index (χ0) is 5.91. The van der Waals surface area contributed by atoms with E-state index in [0.717, 1.165) is 0 Å². The topological polar surface area (TPSA) is 43.3 Å². The Balaban J connectivity index is 0. The number of aliphatic hydroxyl groups is 1. The van der Waals surface area contributed by atoms with Crippen molar-refractivity contribution in [3.05, 3.63) is 0 Å². The maximum atomic E-state index is 10.0. The van der Waals surface area contributed by atoms with E-state index in [9.17, 15) is 5.11 Å². The first kappa shape index (κ1) is 11.3. The van der Waals surface area contributed by atoms with Gasteiger partial charge in [-0.3, -0.25) is 0 Å². The van der Waals surface area contributed by atoms with Crippen LogP contribution in [0.25, 0.3) is 0 Å². The molecule has 0 aliphatic heterocycles. The van der Waals surface area contributed by atoms with Crippen molar-refractivity contribution in [3.8, 4) is 0 Å². The fourth-order valence-electron chi connectivity index (χ4n) is 0.0456. The third-order valence-corrected chi connectivity index (χ3v) is 0.819. The molecule has 0 aliphatic rings. The Morgan fingerprint density at radius 3 is 1.88 bits per heavy atom. The van der Waals surface area contributed by atoms with Gasteiger partial charge in [0.1, 0.15) is 0 Å². The molecule has 3 heteroatoms. The van der Waals surface area contributed by atoms with Gasteiger partial charge in [-0.2, -0.15) is 0 Å². The maximum absolute atomic E-state index is 10.0. The number of aliphatic hydroxyl groups excluding tert-OH is 1. The minimum atomic E-state index is -0.417. The van der Waals surface area contributed by atoms with E-state index >= 15 is 0 Å². The van der Waals surface area contributed by atoms with E-state index < -0.39 is 5.41 Å². The Morgan fingerprint density at radius 1 is 1.50 bits per heavy atom. The second-order valence-electron chi connectivity index (χ2n) is 2.47. The van der Waals surface area contributed by atoms with Gasteiger partial charge in [0.2, 0.25) is 0 Å². The summed E-state index contributed by atoms with van der Waals surface area (Å²) in [6.45, 7) is 3.25. The first-order chi connectivity index (χ1) is 3.12. The van der Waals surface area contributed by atoms with Crippen LogP contribution in [-0.2, 0) is 0 Å². The van der Waals surface area contributed by atoms with E-state index in [0.29, 0.717) is 0 Å². The van der Waals surface area contributed by atoms with Crippen molar-refractivity contribution in [2.45, 2.75) is 13.8 Å². The average molecular weight is 110 g/mol. The summed E-state index contributed by atoms with van der Waals surface area (Å²) in [5.41, 5.74) is -0.417. The molecule has 0 fully saturated rings. The summed E-state index contributed by atoms with van der Waals surface area (Å²) in [5.74, 6) is 0. The van der Waals surface area contributed by atoms with E-state index in [1.165, 1.54) is 0 Å². The van der Waals surface area contributed by atoms with E-state index in [1.807, 2.05) is 0 Å². The van der Waals surface area contributed by atoms with Gasteiger partial charge >= 0.3 is 18.9 Å². The smallest absolute Gasteiger partial charge is 0.854 e. The summed E-state index contributed by atoms with van der Waals surface area (Å²) in [7, 11) is 0. The van der Waals surface area contributed by atoms with Crippen LogP contribution in [0.3, 0.4) is 0 Å². The van der Waals surface area contributed by atoms with Crippen molar-refractivity contribution in [2.24, 2.45) is 5.41 Å². The average Bonchev–Trinajstić information content (AvgIpc) is 1.68. The number of hydrogen-bond acceptors (Lipinski definition) is 2. The Labute approximate surface area is 62.1 Å². The zero-order valence-electron chi connectivity index (χ0n) is 5.77. The monoisotopic (exact) mass is 110 g/mol. The van der Waals surface area contributed by atoms with Gasteiger partial charge in [0.25, 0.3) is 0 Å². The van der Waals surface area contributed by atoms with Crippen LogP contribution in [0, 0.1) is 5.41 Å². The van der Waals surface area contributed by atoms with Gasteiger partial charge in [0, 0.05) is 6.61 Å². The molecular formula is C5H11LiO2. The Bertz CT molecular complexity index is 48.4. The van der Waals surface area contributed by atoms with Crippen molar-refractivity contribution in [1.29, 1.82) is 0 Å². The van der Waals surface area contributed by atoms with Crippen molar-refractivity contribution in [3.63, 3.8) is 0 Å². The van der Waals surface area contributed by atoms with Gasteiger partial charge in [0.05, 0.1) is 0 Å². The molecule has 0 rings (SSSR count). The largest absolute Gasteiger partial charge is 1.00 e. The van der Waals surface area contributed by atoms with Gasteiger partial charge in [-0.05, 0) is 5.41 Å². The molecule has 0 aromatic rings. The standard InChI is InChI=1S/C5H11O2.Li/c1-5(2,3-6)4-7;/h6H,3-4H2,1-2H3;/q-1;+1. The third kappa shape index (κ3) is 4.67. The molecule has 2 nitrogen and oxygen atoms in total. The molecular weight excluding hydrogens is 99.0 g/mol. The molecule has 0 atom stereocenters. The van der Waals surface area contributed by atoms with E-state index in [-0.39, 0.29) is 32.1 Å². The van der Waals surface area contributed by atoms with Crippen LogP contribution < -0.4 is 24.0 Å². The van der Waals surface area contributed by atoms with Crippen LogP contribution in [0.5, 0.6) is 0 Å². The SMILES string of the molecule is CC(C)(C[O-])CO.[Li+]. The quantitative estimate of drug-likeness (QED) is 0.373.